The molecule has 4 aromatic carbocycles. The first-order chi connectivity index (χ1) is 29.1. The van der Waals surface area contributed by atoms with E-state index in [1.165, 1.54) is 112 Å². The minimum Gasteiger partial charge on any atom is -0.472 e. The van der Waals surface area contributed by atoms with Gasteiger partial charge in [0.1, 0.15) is 5.76 Å². The van der Waals surface area contributed by atoms with Crippen molar-refractivity contribution in [1.29, 1.82) is 0 Å². The third-order valence-corrected chi connectivity index (χ3v) is 17.3. The number of nitrogens with zero attached hydrogens (tertiary/aromatic N) is 2. The summed E-state index contributed by atoms with van der Waals surface area (Å²) in [6.45, 7) is 30.9. The lowest BCUT2D eigenvalue weighted by Gasteiger charge is -2.46. The fourth-order valence-corrected chi connectivity index (χ4v) is 13.7. The molecule has 0 radical (unpaired) electrons. The van der Waals surface area contributed by atoms with Crippen LogP contribution in [0.2, 0.25) is 0 Å². The summed E-state index contributed by atoms with van der Waals surface area (Å²) in [5.41, 5.74) is 19.0. The van der Waals surface area contributed by atoms with Crippen LogP contribution in [0.15, 0.2) is 83.3 Å². The maximum absolute atomic E-state index is 7.70. The van der Waals surface area contributed by atoms with E-state index in [1.807, 2.05) is 0 Å². The zero-order chi connectivity index (χ0) is 43.7. The number of fused-ring (bicyclic) bond motifs is 7. The molecule has 2 unspecified atom stereocenters. The van der Waals surface area contributed by atoms with Crippen molar-refractivity contribution < 1.29 is 4.42 Å². The topological polar surface area (TPSA) is 19.6 Å². The molecule has 322 valence electrons. The highest BCUT2D eigenvalue weighted by Crippen LogP contribution is 2.66. The standard InChI is InChI=1S/C58H71BN2O/c1-53(2,3)37-17-22-41(23-18-37)60-45-26-21-39(55(7,8)9)29-44(45)59-49-46(60)30-40(58-32-35-15-14-16-36(33-58)43(35)34-58)31-47(49)61(42-24-19-38(20-25-42)54(4,5)6)50-48-51(62-52(50)59)57(12,13)28-27-56(48,10)11/h17-26,29-31,35-36,43H,14-16,27-28,32-34H2,1-13H3. The Morgan fingerprint density at radius 1 is 0.581 bits per heavy atom. The highest BCUT2D eigenvalue weighted by molar-refractivity contribution is 6.99. The van der Waals surface area contributed by atoms with E-state index in [0.29, 0.717) is 0 Å². The molecule has 2 bridgehead atoms. The fraction of sp³-hybridized carbons (Fsp3) is 0.517. The van der Waals surface area contributed by atoms with Crippen LogP contribution in [0.3, 0.4) is 0 Å². The molecule has 3 saturated carbocycles. The summed E-state index contributed by atoms with van der Waals surface area (Å²) < 4.78 is 7.70. The van der Waals surface area contributed by atoms with Gasteiger partial charge < -0.3 is 14.2 Å². The van der Waals surface area contributed by atoms with Crippen LogP contribution in [0.5, 0.6) is 0 Å². The summed E-state index contributed by atoms with van der Waals surface area (Å²) in [4.78, 5) is 5.37. The Morgan fingerprint density at radius 2 is 1.10 bits per heavy atom. The molecule has 3 nitrogen and oxygen atoms in total. The molecule has 62 heavy (non-hydrogen) atoms. The summed E-state index contributed by atoms with van der Waals surface area (Å²) in [7, 11) is 0. The minimum atomic E-state index is -0.0742. The Hall–Kier alpha value is -4.18. The second-order valence-electron chi connectivity index (χ2n) is 25.4. The van der Waals surface area contributed by atoms with Crippen molar-refractivity contribution in [2.75, 3.05) is 9.80 Å². The van der Waals surface area contributed by atoms with Crippen LogP contribution in [0, 0.1) is 17.8 Å². The summed E-state index contributed by atoms with van der Waals surface area (Å²) >= 11 is 0. The normalized spacial score (nSPS) is 25.4. The van der Waals surface area contributed by atoms with Crippen LogP contribution in [-0.2, 0) is 32.5 Å². The fourth-order valence-electron chi connectivity index (χ4n) is 13.7. The number of furan rings is 1. The molecule has 4 aliphatic carbocycles. The predicted molar refractivity (Wildman–Crippen MR) is 264 cm³/mol. The molecule has 11 rings (SSSR count). The van der Waals surface area contributed by atoms with Crippen molar-refractivity contribution in [3.8, 4) is 0 Å². The lowest BCUT2D eigenvalue weighted by atomic mass is 9.35. The molecule has 0 saturated heterocycles. The minimum absolute atomic E-state index is 0.00931. The second-order valence-corrected chi connectivity index (χ2v) is 25.4. The van der Waals surface area contributed by atoms with Gasteiger partial charge in [0.15, 0.2) is 0 Å². The van der Waals surface area contributed by atoms with Crippen molar-refractivity contribution in [2.45, 2.75) is 174 Å². The molecule has 0 N–H and O–H groups in total. The number of anilines is 6. The molecule has 4 heteroatoms. The third-order valence-electron chi connectivity index (χ3n) is 17.3. The zero-order valence-corrected chi connectivity index (χ0v) is 40.3. The number of rotatable bonds is 3. The molecule has 1 aromatic heterocycles. The van der Waals surface area contributed by atoms with Crippen LogP contribution in [-0.4, -0.2) is 6.71 Å². The molecule has 2 aliphatic heterocycles. The summed E-state index contributed by atoms with van der Waals surface area (Å²) in [6.07, 6.45) is 10.5. The molecular weight excluding hydrogens is 751 g/mol. The van der Waals surface area contributed by atoms with E-state index in [9.17, 15) is 0 Å². The van der Waals surface area contributed by atoms with Gasteiger partial charge in [0.05, 0.1) is 11.3 Å². The first kappa shape index (κ1) is 40.6. The Morgan fingerprint density at radius 3 is 1.65 bits per heavy atom. The van der Waals surface area contributed by atoms with Gasteiger partial charge in [-0.1, -0.05) is 146 Å². The monoisotopic (exact) mass is 823 g/mol. The second kappa shape index (κ2) is 13.0. The maximum Gasteiger partial charge on any atom is 0.297 e. The number of benzene rings is 4. The third kappa shape index (κ3) is 5.89. The van der Waals surface area contributed by atoms with E-state index < -0.39 is 0 Å². The summed E-state index contributed by atoms with van der Waals surface area (Å²) in [5, 5.41) is 0. The van der Waals surface area contributed by atoms with E-state index in [0.717, 1.165) is 36.3 Å². The molecule has 2 atom stereocenters. The van der Waals surface area contributed by atoms with Crippen LogP contribution >= 0.6 is 0 Å². The maximum atomic E-state index is 7.70. The van der Waals surface area contributed by atoms with Crippen LogP contribution in [0.25, 0.3) is 0 Å². The SMILES string of the molecule is CC(C)(C)c1ccc(N2c3ccc(C(C)(C)C)cc3B3c4oc5c(c4N(c4ccc(C(C)(C)C)cc4)c4cc(C67CC8CCCC(C6)C8C7)cc2c43)C(C)(C)CCC5(C)C)cc1. The average molecular weight is 823 g/mol. The Labute approximate surface area is 374 Å². The van der Waals surface area contributed by atoms with E-state index in [2.05, 4.69) is 179 Å². The van der Waals surface area contributed by atoms with E-state index in [4.69, 9.17) is 4.42 Å². The summed E-state index contributed by atoms with van der Waals surface area (Å²) in [6, 6.07) is 32.1. The Bertz CT molecular complexity index is 2600. The molecule has 6 aliphatic rings. The number of hydrogen-bond donors (Lipinski definition) is 0. The molecule has 3 heterocycles. The van der Waals surface area contributed by atoms with Crippen molar-refractivity contribution in [3.05, 3.63) is 112 Å². The first-order valence-electron chi connectivity index (χ1n) is 24.4. The van der Waals surface area contributed by atoms with Crippen molar-refractivity contribution in [1.82, 2.24) is 0 Å². The lowest BCUT2D eigenvalue weighted by molar-refractivity contribution is 0.154. The first-order valence-corrected chi connectivity index (χ1v) is 24.4. The van der Waals surface area contributed by atoms with Crippen LogP contribution < -0.4 is 26.4 Å². The quantitative estimate of drug-likeness (QED) is 0.166. The molecule has 0 spiro atoms. The van der Waals surface area contributed by atoms with Gasteiger partial charge in [0, 0.05) is 39.4 Å². The smallest absolute Gasteiger partial charge is 0.297 e. The zero-order valence-electron chi connectivity index (χ0n) is 40.3. The predicted octanol–water partition coefficient (Wildman–Crippen LogP) is 14.1. The lowest BCUT2D eigenvalue weighted by Crippen LogP contribution is -2.61. The van der Waals surface area contributed by atoms with E-state index in [1.54, 1.807) is 5.56 Å². The highest BCUT2D eigenvalue weighted by atomic mass is 16.3. The molecule has 0 amide bonds. The van der Waals surface area contributed by atoms with Gasteiger partial charge in [-0.3, -0.25) is 0 Å². The molecule has 3 fully saturated rings. The van der Waals surface area contributed by atoms with Crippen LogP contribution in [0.1, 0.15) is 175 Å². The summed E-state index contributed by atoms with van der Waals surface area (Å²) in [5.74, 6) is 3.82. The van der Waals surface area contributed by atoms with Crippen molar-refractivity contribution in [3.63, 3.8) is 0 Å². The van der Waals surface area contributed by atoms with Gasteiger partial charge in [-0.05, 0) is 153 Å². The van der Waals surface area contributed by atoms with E-state index in [-0.39, 0.29) is 39.2 Å². The Balaban J connectivity index is 1.26. The molecule has 5 aromatic rings. The van der Waals surface area contributed by atoms with Crippen LogP contribution in [0.4, 0.5) is 34.1 Å². The largest absolute Gasteiger partial charge is 0.472 e. The van der Waals surface area contributed by atoms with Gasteiger partial charge in [-0.2, -0.15) is 0 Å². The van der Waals surface area contributed by atoms with Gasteiger partial charge in [-0.25, -0.2) is 0 Å². The van der Waals surface area contributed by atoms with E-state index >= 15 is 0 Å². The average Bonchev–Trinajstić information content (AvgIpc) is 3.91. The Kier molecular flexibility index (Phi) is 8.49. The van der Waals surface area contributed by atoms with Gasteiger partial charge in [0.2, 0.25) is 0 Å². The highest BCUT2D eigenvalue weighted by Gasteiger charge is 2.58. The van der Waals surface area contributed by atoms with Gasteiger partial charge >= 0.3 is 0 Å². The molecular formula is C58H71BN2O. The number of hydrogen-bond acceptors (Lipinski definition) is 3. The van der Waals surface area contributed by atoms with Gasteiger partial charge in [0.25, 0.3) is 6.71 Å². The van der Waals surface area contributed by atoms with Crippen molar-refractivity contribution in [2.24, 2.45) is 17.8 Å². The van der Waals surface area contributed by atoms with Gasteiger partial charge in [-0.15, -0.1) is 0 Å². The van der Waals surface area contributed by atoms with Crippen molar-refractivity contribution >= 4 is 57.4 Å².